The van der Waals surface area contributed by atoms with Crippen LogP contribution in [0.2, 0.25) is 0 Å². The molecule has 86 valence electrons. The first kappa shape index (κ1) is 14.0. The minimum atomic E-state index is 0.450. The van der Waals surface area contributed by atoms with E-state index in [-0.39, 0.29) is 0 Å². The van der Waals surface area contributed by atoms with Crippen molar-refractivity contribution in [1.82, 2.24) is 4.90 Å². The van der Waals surface area contributed by atoms with Gasteiger partial charge in [0, 0.05) is 6.04 Å². The molecule has 0 saturated carbocycles. The zero-order valence-electron chi connectivity index (χ0n) is 11.2. The van der Waals surface area contributed by atoms with E-state index in [4.69, 9.17) is 0 Å². The van der Waals surface area contributed by atoms with E-state index in [0.29, 0.717) is 5.41 Å². The van der Waals surface area contributed by atoms with Crippen LogP contribution in [-0.4, -0.2) is 25.0 Å². The Morgan fingerprint density at radius 3 is 1.79 bits per heavy atom. The van der Waals surface area contributed by atoms with Gasteiger partial charge in [-0.15, -0.1) is 0 Å². The molecule has 0 saturated heterocycles. The monoisotopic (exact) mass is 199 g/mol. The molecule has 0 heterocycles. The van der Waals surface area contributed by atoms with E-state index in [2.05, 4.69) is 53.6 Å². The predicted octanol–water partition coefficient (Wildman–Crippen LogP) is 3.79. The van der Waals surface area contributed by atoms with E-state index in [9.17, 15) is 0 Å². The molecule has 0 aliphatic rings. The van der Waals surface area contributed by atoms with Gasteiger partial charge in [0.15, 0.2) is 0 Å². The molecule has 0 radical (unpaired) electrons. The fourth-order valence-corrected chi connectivity index (χ4v) is 1.78. The molecule has 0 fully saturated rings. The lowest BCUT2D eigenvalue weighted by Gasteiger charge is -2.31. The average molecular weight is 199 g/mol. The number of nitrogens with zero attached hydrogens (tertiary/aromatic N) is 1. The van der Waals surface area contributed by atoms with E-state index < -0.39 is 0 Å². The highest BCUT2D eigenvalue weighted by Gasteiger charge is 2.20. The molecule has 14 heavy (non-hydrogen) atoms. The summed E-state index contributed by atoms with van der Waals surface area (Å²) in [5.41, 5.74) is 0.450. The number of hydrogen-bond donors (Lipinski definition) is 0. The van der Waals surface area contributed by atoms with Gasteiger partial charge in [-0.2, -0.15) is 0 Å². The first-order valence-electron chi connectivity index (χ1n) is 5.89. The molecular formula is C13H29N. The average Bonchev–Trinajstić information content (AvgIpc) is 1.94. The Labute approximate surface area is 90.9 Å². The molecule has 1 atom stereocenters. The standard InChI is InChI=1S/C13H29N/c1-11(2)8-9-12(14(6)7)10-13(3,4)5/h11-12H,8-10H2,1-7H3. The largest absolute Gasteiger partial charge is 0.306 e. The van der Waals surface area contributed by atoms with Gasteiger partial charge in [0.05, 0.1) is 0 Å². The molecule has 0 rings (SSSR count). The van der Waals surface area contributed by atoms with Crippen molar-refractivity contribution in [2.24, 2.45) is 11.3 Å². The van der Waals surface area contributed by atoms with Crippen LogP contribution in [0.1, 0.15) is 53.9 Å². The van der Waals surface area contributed by atoms with Crippen LogP contribution in [0.3, 0.4) is 0 Å². The Morgan fingerprint density at radius 2 is 1.50 bits per heavy atom. The first-order valence-corrected chi connectivity index (χ1v) is 5.89. The van der Waals surface area contributed by atoms with E-state index >= 15 is 0 Å². The quantitative estimate of drug-likeness (QED) is 0.651. The second kappa shape index (κ2) is 5.75. The van der Waals surface area contributed by atoms with Crippen molar-refractivity contribution in [3.8, 4) is 0 Å². The normalized spacial score (nSPS) is 15.2. The highest BCUT2D eigenvalue weighted by molar-refractivity contribution is 4.74. The minimum absolute atomic E-state index is 0.450. The van der Waals surface area contributed by atoms with E-state index in [1.54, 1.807) is 0 Å². The van der Waals surface area contributed by atoms with Crippen molar-refractivity contribution in [2.75, 3.05) is 14.1 Å². The highest BCUT2D eigenvalue weighted by Crippen LogP contribution is 2.25. The van der Waals surface area contributed by atoms with Gasteiger partial charge in [0.2, 0.25) is 0 Å². The van der Waals surface area contributed by atoms with E-state index in [1.165, 1.54) is 19.3 Å². The van der Waals surface area contributed by atoms with Crippen LogP contribution < -0.4 is 0 Å². The van der Waals surface area contributed by atoms with Gasteiger partial charge in [-0.05, 0) is 44.7 Å². The van der Waals surface area contributed by atoms with Gasteiger partial charge in [0.25, 0.3) is 0 Å². The first-order chi connectivity index (χ1) is 6.22. The lowest BCUT2D eigenvalue weighted by molar-refractivity contribution is 0.191. The summed E-state index contributed by atoms with van der Waals surface area (Å²) in [5.74, 6) is 0.831. The molecule has 0 amide bonds. The van der Waals surface area contributed by atoms with Crippen LogP contribution in [0, 0.1) is 11.3 Å². The van der Waals surface area contributed by atoms with Gasteiger partial charge in [-0.1, -0.05) is 34.6 Å². The van der Waals surface area contributed by atoms with Crippen LogP contribution >= 0.6 is 0 Å². The fourth-order valence-electron chi connectivity index (χ4n) is 1.78. The van der Waals surface area contributed by atoms with Crippen molar-refractivity contribution in [3.63, 3.8) is 0 Å². The van der Waals surface area contributed by atoms with E-state index in [0.717, 1.165) is 12.0 Å². The summed E-state index contributed by atoms with van der Waals surface area (Å²) in [6.45, 7) is 11.6. The Morgan fingerprint density at radius 1 is 1.00 bits per heavy atom. The Balaban J connectivity index is 4.03. The summed E-state index contributed by atoms with van der Waals surface area (Å²) in [5, 5.41) is 0. The Kier molecular flexibility index (Phi) is 5.73. The van der Waals surface area contributed by atoms with Crippen LogP contribution in [0.15, 0.2) is 0 Å². The van der Waals surface area contributed by atoms with Gasteiger partial charge in [-0.25, -0.2) is 0 Å². The summed E-state index contributed by atoms with van der Waals surface area (Å²) < 4.78 is 0. The third kappa shape index (κ3) is 7.37. The van der Waals surface area contributed by atoms with Crippen molar-refractivity contribution in [2.45, 2.75) is 59.9 Å². The summed E-state index contributed by atoms with van der Waals surface area (Å²) >= 11 is 0. The lowest BCUT2D eigenvalue weighted by Crippen LogP contribution is -2.32. The van der Waals surface area contributed by atoms with Crippen molar-refractivity contribution in [1.29, 1.82) is 0 Å². The maximum absolute atomic E-state index is 2.38. The maximum atomic E-state index is 2.38. The second-order valence-corrected chi connectivity index (χ2v) is 6.35. The van der Waals surface area contributed by atoms with Gasteiger partial charge >= 0.3 is 0 Å². The SMILES string of the molecule is CC(C)CCC(CC(C)(C)C)N(C)C. The molecule has 0 N–H and O–H groups in total. The molecule has 0 spiro atoms. The summed E-state index contributed by atoms with van der Waals surface area (Å²) in [6.07, 6.45) is 3.98. The molecule has 0 aromatic rings. The van der Waals surface area contributed by atoms with Gasteiger partial charge in [-0.3, -0.25) is 0 Å². The van der Waals surface area contributed by atoms with Crippen LogP contribution in [0.25, 0.3) is 0 Å². The third-order valence-electron chi connectivity index (χ3n) is 2.66. The maximum Gasteiger partial charge on any atom is 0.00942 e. The molecule has 0 aliphatic heterocycles. The molecule has 0 bridgehead atoms. The van der Waals surface area contributed by atoms with Crippen LogP contribution in [0.4, 0.5) is 0 Å². The summed E-state index contributed by atoms with van der Waals surface area (Å²) in [4.78, 5) is 2.38. The Hall–Kier alpha value is -0.0400. The number of hydrogen-bond acceptors (Lipinski definition) is 1. The van der Waals surface area contributed by atoms with Crippen molar-refractivity contribution < 1.29 is 0 Å². The van der Waals surface area contributed by atoms with Crippen LogP contribution in [-0.2, 0) is 0 Å². The smallest absolute Gasteiger partial charge is 0.00942 e. The fraction of sp³-hybridized carbons (Fsp3) is 1.00. The molecule has 0 aromatic carbocycles. The molecule has 0 aromatic heterocycles. The number of rotatable bonds is 5. The highest BCUT2D eigenvalue weighted by atomic mass is 15.1. The van der Waals surface area contributed by atoms with Crippen molar-refractivity contribution >= 4 is 0 Å². The van der Waals surface area contributed by atoms with Gasteiger partial charge < -0.3 is 4.90 Å². The zero-order chi connectivity index (χ0) is 11.4. The Bertz CT molecular complexity index is 142. The minimum Gasteiger partial charge on any atom is -0.306 e. The molecule has 0 aliphatic carbocycles. The topological polar surface area (TPSA) is 3.24 Å². The van der Waals surface area contributed by atoms with Crippen LogP contribution in [0.5, 0.6) is 0 Å². The van der Waals surface area contributed by atoms with Gasteiger partial charge in [0.1, 0.15) is 0 Å². The molecule has 1 unspecified atom stereocenters. The van der Waals surface area contributed by atoms with E-state index in [1.807, 2.05) is 0 Å². The van der Waals surface area contributed by atoms with Crippen molar-refractivity contribution in [3.05, 3.63) is 0 Å². The lowest BCUT2D eigenvalue weighted by atomic mass is 9.85. The second-order valence-electron chi connectivity index (χ2n) is 6.35. The summed E-state index contributed by atoms with van der Waals surface area (Å²) in [6, 6.07) is 0.748. The third-order valence-corrected chi connectivity index (χ3v) is 2.66. The summed E-state index contributed by atoms with van der Waals surface area (Å²) in [7, 11) is 4.41. The molecular weight excluding hydrogens is 170 g/mol. The molecule has 1 nitrogen and oxygen atoms in total. The predicted molar refractivity (Wildman–Crippen MR) is 65.6 cm³/mol. The molecule has 1 heteroatoms. The zero-order valence-corrected chi connectivity index (χ0v) is 11.2.